The molecule has 2 aliphatic rings. The number of carbonyl (C=O) groups excluding carboxylic acids is 3. The molecule has 3 heterocycles. The third-order valence-electron chi connectivity index (χ3n) is 5.13. The molecule has 1 N–H and O–H groups in total. The number of carbonyl (C=O) groups is 3. The van der Waals surface area contributed by atoms with Crippen LogP contribution in [0.25, 0.3) is 0 Å². The van der Waals surface area contributed by atoms with Crippen molar-refractivity contribution >= 4 is 39.9 Å². The van der Waals surface area contributed by atoms with Crippen molar-refractivity contribution in [2.24, 2.45) is 0 Å². The number of nitrogens with zero attached hydrogens (tertiary/aromatic N) is 4. The van der Waals surface area contributed by atoms with Crippen LogP contribution in [-0.2, 0) is 20.9 Å². The number of hydrogen-bond acceptors (Lipinski definition) is 7. The quantitative estimate of drug-likeness (QED) is 0.801. The van der Waals surface area contributed by atoms with Crippen molar-refractivity contribution in [2.45, 2.75) is 45.0 Å². The van der Waals surface area contributed by atoms with Gasteiger partial charge in [0, 0.05) is 26.0 Å². The van der Waals surface area contributed by atoms with Crippen LogP contribution in [0.2, 0.25) is 0 Å². The fourth-order valence-electron chi connectivity index (χ4n) is 4.09. The lowest BCUT2D eigenvalue weighted by molar-refractivity contribution is -0.129. The first-order chi connectivity index (χ1) is 13.9. The molecule has 4 rings (SSSR count). The minimum absolute atomic E-state index is 0.170. The molecule has 2 aliphatic heterocycles. The number of para-hydroxylation sites is 1. The molecule has 1 aromatic carbocycles. The molecular weight excluding hydrogens is 394 g/mol. The van der Waals surface area contributed by atoms with Gasteiger partial charge in [0.15, 0.2) is 0 Å². The van der Waals surface area contributed by atoms with E-state index in [4.69, 9.17) is 4.74 Å². The van der Waals surface area contributed by atoms with Gasteiger partial charge in [-0.25, -0.2) is 0 Å². The summed E-state index contributed by atoms with van der Waals surface area (Å²) in [6, 6.07) is 6.60. The van der Waals surface area contributed by atoms with Crippen molar-refractivity contribution in [1.82, 2.24) is 15.1 Å². The molecule has 0 spiro atoms. The fourth-order valence-corrected chi connectivity index (χ4v) is 4.80. The van der Waals surface area contributed by atoms with Gasteiger partial charge < -0.3 is 9.64 Å². The Balaban J connectivity index is 1.80. The summed E-state index contributed by atoms with van der Waals surface area (Å²) in [4.78, 5) is 42.7. The smallest absolute Gasteiger partial charge is 0.273 e. The van der Waals surface area contributed by atoms with E-state index in [1.807, 2.05) is 13.8 Å². The maximum absolute atomic E-state index is 13.6. The molecule has 0 unspecified atom stereocenters. The number of fused-ring (bicyclic) bond motifs is 3. The van der Waals surface area contributed by atoms with E-state index in [2.05, 4.69) is 15.5 Å². The largest absolute Gasteiger partial charge is 0.377 e. The van der Waals surface area contributed by atoms with E-state index in [0.717, 1.165) is 0 Å². The zero-order valence-corrected chi connectivity index (χ0v) is 17.2. The number of methoxy groups -OCH3 is 1. The van der Waals surface area contributed by atoms with Gasteiger partial charge in [-0.2, -0.15) is 0 Å². The number of benzene rings is 1. The monoisotopic (exact) mass is 415 g/mol. The van der Waals surface area contributed by atoms with Gasteiger partial charge in [-0.15, -0.1) is 10.2 Å². The average Bonchev–Trinajstić information content (AvgIpc) is 3.27. The SMILES string of the molecule is COCc1nnc(NC(=O)[C@@]23CCC(=O)N2c2ccccc2C(=O)N3C(C)C)s1. The molecule has 0 radical (unpaired) electrons. The van der Waals surface area contributed by atoms with Crippen LogP contribution in [0.5, 0.6) is 0 Å². The van der Waals surface area contributed by atoms with Gasteiger partial charge in [-0.3, -0.25) is 24.6 Å². The van der Waals surface area contributed by atoms with Crippen LogP contribution >= 0.6 is 11.3 Å². The summed E-state index contributed by atoms with van der Waals surface area (Å²) in [7, 11) is 1.55. The maximum Gasteiger partial charge on any atom is 0.273 e. The molecule has 1 fully saturated rings. The highest BCUT2D eigenvalue weighted by atomic mass is 32.1. The van der Waals surface area contributed by atoms with Crippen LogP contribution in [0.1, 0.15) is 42.1 Å². The topological polar surface area (TPSA) is 105 Å². The number of rotatable bonds is 5. The summed E-state index contributed by atoms with van der Waals surface area (Å²) in [5.41, 5.74) is -0.563. The molecule has 1 atom stereocenters. The number of anilines is 2. The molecular formula is C19H21N5O4S. The first-order valence-electron chi connectivity index (χ1n) is 9.28. The summed E-state index contributed by atoms with van der Waals surface area (Å²) in [5.74, 6) is -0.933. The number of amides is 3. The Morgan fingerprint density at radius 1 is 1.31 bits per heavy atom. The molecule has 29 heavy (non-hydrogen) atoms. The Morgan fingerprint density at radius 3 is 2.79 bits per heavy atom. The van der Waals surface area contributed by atoms with Crippen LogP contribution in [0.15, 0.2) is 24.3 Å². The van der Waals surface area contributed by atoms with Crippen molar-refractivity contribution in [2.75, 3.05) is 17.3 Å². The van der Waals surface area contributed by atoms with Crippen molar-refractivity contribution in [1.29, 1.82) is 0 Å². The van der Waals surface area contributed by atoms with Crippen LogP contribution in [0.3, 0.4) is 0 Å². The highest BCUT2D eigenvalue weighted by Crippen LogP contribution is 2.45. The first-order valence-corrected chi connectivity index (χ1v) is 10.1. The standard InChI is InChI=1S/C19H21N5O4S/c1-11(2)23-16(26)12-6-4-5-7-13(12)24-15(25)8-9-19(23,24)17(27)20-18-22-21-14(29-18)10-28-3/h4-7,11H,8-10H2,1-3H3,(H,20,22,27)/t19-/m1/s1. The lowest BCUT2D eigenvalue weighted by Gasteiger charge is -2.50. The summed E-state index contributed by atoms with van der Waals surface area (Å²) >= 11 is 1.19. The van der Waals surface area contributed by atoms with Gasteiger partial charge in [0.05, 0.1) is 11.3 Å². The minimum Gasteiger partial charge on any atom is -0.377 e. The van der Waals surface area contributed by atoms with Crippen molar-refractivity contribution in [3.8, 4) is 0 Å². The van der Waals surface area contributed by atoms with E-state index >= 15 is 0 Å². The van der Waals surface area contributed by atoms with Crippen LogP contribution in [0.4, 0.5) is 10.8 Å². The van der Waals surface area contributed by atoms with E-state index in [0.29, 0.717) is 21.4 Å². The van der Waals surface area contributed by atoms with E-state index < -0.39 is 11.6 Å². The van der Waals surface area contributed by atoms with E-state index in [1.54, 1.807) is 31.4 Å². The Bertz CT molecular complexity index is 990. The van der Waals surface area contributed by atoms with E-state index in [1.165, 1.54) is 21.1 Å². The van der Waals surface area contributed by atoms with Crippen molar-refractivity contribution in [3.05, 3.63) is 34.8 Å². The van der Waals surface area contributed by atoms with Gasteiger partial charge in [0.1, 0.15) is 11.6 Å². The van der Waals surface area contributed by atoms with Gasteiger partial charge in [0.2, 0.25) is 16.7 Å². The number of hydrogen-bond donors (Lipinski definition) is 1. The van der Waals surface area contributed by atoms with Gasteiger partial charge in [0.25, 0.3) is 11.8 Å². The first kappa shape index (κ1) is 19.5. The molecule has 3 amide bonds. The summed E-state index contributed by atoms with van der Waals surface area (Å²) < 4.78 is 5.04. The van der Waals surface area contributed by atoms with Crippen LogP contribution < -0.4 is 10.2 Å². The molecule has 0 bridgehead atoms. The predicted octanol–water partition coefficient (Wildman–Crippen LogP) is 2.01. The molecule has 0 aliphatic carbocycles. The lowest BCUT2D eigenvalue weighted by atomic mass is 9.94. The zero-order chi connectivity index (χ0) is 20.8. The third-order valence-corrected chi connectivity index (χ3v) is 5.95. The van der Waals surface area contributed by atoms with Crippen molar-refractivity contribution in [3.63, 3.8) is 0 Å². The molecule has 1 aromatic heterocycles. The van der Waals surface area contributed by atoms with Gasteiger partial charge in [-0.1, -0.05) is 23.5 Å². The Kier molecular flexibility index (Phi) is 4.83. The summed E-state index contributed by atoms with van der Waals surface area (Å²) in [5, 5.41) is 11.6. The fraction of sp³-hybridized carbons (Fsp3) is 0.421. The minimum atomic E-state index is -1.44. The third kappa shape index (κ3) is 2.90. The molecule has 10 heteroatoms. The highest BCUT2D eigenvalue weighted by molar-refractivity contribution is 7.15. The zero-order valence-electron chi connectivity index (χ0n) is 16.3. The molecule has 152 valence electrons. The van der Waals surface area contributed by atoms with E-state index in [-0.39, 0.29) is 37.3 Å². The van der Waals surface area contributed by atoms with E-state index in [9.17, 15) is 14.4 Å². The number of ether oxygens (including phenoxy) is 1. The second-order valence-corrected chi connectivity index (χ2v) is 8.28. The normalized spacial score (nSPS) is 20.8. The van der Waals surface area contributed by atoms with Gasteiger partial charge in [-0.05, 0) is 26.0 Å². The molecule has 1 saturated heterocycles. The Labute approximate surface area is 171 Å². The second kappa shape index (κ2) is 7.20. The van der Waals surface area contributed by atoms with Crippen molar-refractivity contribution < 1.29 is 19.1 Å². The lowest BCUT2D eigenvalue weighted by Crippen LogP contribution is -2.70. The summed E-state index contributed by atoms with van der Waals surface area (Å²) in [6.07, 6.45) is 0.378. The molecule has 0 saturated carbocycles. The maximum atomic E-state index is 13.6. The highest BCUT2D eigenvalue weighted by Gasteiger charge is 2.61. The Morgan fingerprint density at radius 2 is 2.07 bits per heavy atom. The average molecular weight is 415 g/mol. The number of nitrogens with one attached hydrogen (secondary N) is 1. The van der Waals surface area contributed by atoms with Crippen LogP contribution in [0, 0.1) is 0 Å². The molecule has 2 aromatic rings. The molecule has 9 nitrogen and oxygen atoms in total. The van der Waals surface area contributed by atoms with Crippen LogP contribution in [-0.4, -0.2) is 51.6 Å². The predicted molar refractivity (Wildman–Crippen MR) is 106 cm³/mol. The Hall–Kier alpha value is -2.85. The summed E-state index contributed by atoms with van der Waals surface area (Å²) in [6.45, 7) is 3.96. The van der Waals surface area contributed by atoms with Gasteiger partial charge >= 0.3 is 0 Å². The number of aromatic nitrogens is 2. The second-order valence-electron chi connectivity index (χ2n) is 7.22.